The van der Waals surface area contributed by atoms with E-state index in [0.717, 1.165) is 17.7 Å². The van der Waals surface area contributed by atoms with Gasteiger partial charge in [0, 0.05) is 12.3 Å². The number of nitrogen functional groups attached to an aromatic ring is 1. The first-order chi connectivity index (χ1) is 11.6. The lowest BCUT2D eigenvalue weighted by Gasteiger charge is -2.10. The number of rotatable bonds is 8. The van der Waals surface area contributed by atoms with E-state index >= 15 is 0 Å². The predicted octanol–water partition coefficient (Wildman–Crippen LogP) is 1.84. The monoisotopic (exact) mass is 331 g/mol. The molecule has 2 rings (SSSR count). The summed E-state index contributed by atoms with van der Waals surface area (Å²) in [5.74, 6) is 0.141. The number of carbonyl (C=O) groups excluding carboxylic acids is 1. The van der Waals surface area contributed by atoms with E-state index in [1.165, 1.54) is 0 Å². The summed E-state index contributed by atoms with van der Waals surface area (Å²) < 4.78 is 10.0. The first-order valence-electron chi connectivity index (χ1n) is 7.71. The fourth-order valence-electron chi connectivity index (χ4n) is 2.00. The number of aryl methyl sites for hydroxylation is 1. The molecule has 1 aromatic carbocycles. The van der Waals surface area contributed by atoms with Crippen LogP contribution in [0.5, 0.6) is 0 Å². The highest BCUT2D eigenvalue weighted by molar-refractivity contribution is 5.70. The second-order valence-electron chi connectivity index (χ2n) is 4.87. The maximum absolute atomic E-state index is 11.5. The number of esters is 1. The number of benzene rings is 1. The van der Waals surface area contributed by atoms with Gasteiger partial charge in [-0.2, -0.15) is 15.0 Å². The molecule has 0 fully saturated rings. The van der Waals surface area contributed by atoms with E-state index in [4.69, 9.17) is 15.2 Å². The van der Waals surface area contributed by atoms with Gasteiger partial charge in [-0.1, -0.05) is 25.1 Å². The molecule has 24 heavy (non-hydrogen) atoms. The number of anilines is 3. The second-order valence-corrected chi connectivity index (χ2v) is 4.87. The van der Waals surface area contributed by atoms with Crippen molar-refractivity contribution in [3.63, 3.8) is 0 Å². The first kappa shape index (κ1) is 17.6. The fourth-order valence-corrected chi connectivity index (χ4v) is 2.00. The first-order valence-corrected chi connectivity index (χ1v) is 7.71. The molecular weight excluding hydrogens is 310 g/mol. The Bertz CT molecular complexity index is 693. The van der Waals surface area contributed by atoms with Crippen LogP contribution < -0.4 is 11.1 Å². The quantitative estimate of drug-likeness (QED) is 0.705. The third-order valence-electron chi connectivity index (χ3n) is 3.13. The summed E-state index contributed by atoms with van der Waals surface area (Å²) in [6, 6.07) is 7.83. The maximum atomic E-state index is 11.5. The smallest absolute Gasteiger partial charge is 0.332 e. The minimum Gasteiger partial charge on any atom is -0.456 e. The number of hydrogen-bond acceptors (Lipinski definition) is 8. The van der Waals surface area contributed by atoms with E-state index in [1.807, 2.05) is 24.3 Å². The molecule has 8 heteroatoms. The summed E-state index contributed by atoms with van der Waals surface area (Å²) in [6.07, 6.45) is 0.867. The van der Waals surface area contributed by atoms with Crippen molar-refractivity contribution in [3.05, 3.63) is 35.7 Å². The van der Waals surface area contributed by atoms with Gasteiger partial charge in [0.2, 0.25) is 11.9 Å². The van der Waals surface area contributed by atoms with Crippen molar-refractivity contribution in [3.8, 4) is 0 Å². The van der Waals surface area contributed by atoms with Crippen molar-refractivity contribution in [1.82, 2.24) is 15.0 Å². The molecule has 0 amide bonds. The van der Waals surface area contributed by atoms with Crippen molar-refractivity contribution < 1.29 is 14.3 Å². The molecule has 128 valence electrons. The standard InChI is InChI=1S/C16H21N5O3/c1-3-11-7-5-6-8-12(11)18-16-20-13(19-15(17)21-16)9-24-14(22)10-23-4-2/h5-8H,3-4,9-10H2,1-2H3,(H3,17,18,19,20,21). The molecule has 8 nitrogen and oxygen atoms in total. The summed E-state index contributed by atoms with van der Waals surface area (Å²) in [5.41, 5.74) is 7.72. The molecule has 0 saturated heterocycles. The van der Waals surface area contributed by atoms with Crippen molar-refractivity contribution in [1.29, 1.82) is 0 Å². The molecule has 0 unspecified atom stereocenters. The Kier molecular flexibility index (Phi) is 6.44. The normalized spacial score (nSPS) is 10.4. The number of carbonyl (C=O) groups is 1. The van der Waals surface area contributed by atoms with Gasteiger partial charge >= 0.3 is 5.97 Å². The van der Waals surface area contributed by atoms with Crippen LogP contribution in [-0.4, -0.2) is 34.1 Å². The SMILES string of the molecule is CCOCC(=O)OCc1nc(N)nc(Nc2ccccc2CC)n1. The highest BCUT2D eigenvalue weighted by Crippen LogP contribution is 2.19. The fraction of sp³-hybridized carbons (Fsp3) is 0.375. The van der Waals surface area contributed by atoms with Crippen LogP contribution >= 0.6 is 0 Å². The number of aromatic nitrogens is 3. The number of ether oxygens (including phenoxy) is 2. The Labute approximate surface area is 140 Å². The minimum absolute atomic E-state index is 0.0531. The van der Waals surface area contributed by atoms with Crippen LogP contribution in [0.25, 0.3) is 0 Å². The van der Waals surface area contributed by atoms with E-state index in [-0.39, 0.29) is 25.0 Å². The van der Waals surface area contributed by atoms with Gasteiger partial charge in [-0.05, 0) is 25.0 Å². The summed E-state index contributed by atoms with van der Waals surface area (Å²) in [5, 5.41) is 3.12. The third kappa shape index (κ3) is 5.17. The largest absolute Gasteiger partial charge is 0.456 e. The van der Waals surface area contributed by atoms with E-state index in [1.54, 1.807) is 6.92 Å². The summed E-state index contributed by atoms with van der Waals surface area (Å²) >= 11 is 0. The van der Waals surface area contributed by atoms with Crippen molar-refractivity contribution >= 4 is 23.6 Å². The van der Waals surface area contributed by atoms with Gasteiger partial charge in [-0.25, -0.2) is 4.79 Å². The number of nitrogens with two attached hydrogens (primary N) is 1. The van der Waals surface area contributed by atoms with Gasteiger partial charge in [0.25, 0.3) is 0 Å². The van der Waals surface area contributed by atoms with Gasteiger partial charge in [0.05, 0.1) is 0 Å². The van der Waals surface area contributed by atoms with Crippen molar-refractivity contribution in [2.45, 2.75) is 26.9 Å². The number of hydrogen-bond donors (Lipinski definition) is 2. The predicted molar refractivity (Wildman–Crippen MR) is 89.6 cm³/mol. The van der Waals surface area contributed by atoms with Crippen LogP contribution in [-0.2, 0) is 27.3 Å². The second kappa shape index (κ2) is 8.78. The lowest BCUT2D eigenvalue weighted by Crippen LogP contribution is -2.15. The molecule has 0 saturated carbocycles. The van der Waals surface area contributed by atoms with Gasteiger partial charge in [0.15, 0.2) is 12.4 Å². The van der Waals surface area contributed by atoms with Crippen LogP contribution in [0.1, 0.15) is 25.2 Å². The molecule has 0 aliphatic heterocycles. The molecule has 0 aliphatic rings. The van der Waals surface area contributed by atoms with E-state index in [0.29, 0.717) is 12.6 Å². The summed E-state index contributed by atoms with van der Waals surface area (Å²) in [7, 11) is 0. The zero-order chi connectivity index (χ0) is 17.4. The Morgan fingerprint density at radius 2 is 2.00 bits per heavy atom. The number of para-hydroxylation sites is 1. The highest BCUT2D eigenvalue weighted by Gasteiger charge is 2.09. The van der Waals surface area contributed by atoms with Gasteiger partial charge in [0.1, 0.15) is 6.61 Å². The number of nitrogens with one attached hydrogen (secondary N) is 1. The maximum Gasteiger partial charge on any atom is 0.332 e. The van der Waals surface area contributed by atoms with E-state index < -0.39 is 5.97 Å². The molecule has 0 radical (unpaired) electrons. The molecule has 0 spiro atoms. The molecule has 0 atom stereocenters. The number of nitrogens with zero attached hydrogens (tertiary/aromatic N) is 3. The third-order valence-corrected chi connectivity index (χ3v) is 3.13. The Balaban J connectivity index is 2.06. The van der Waals surface area contributed by atoms with Crippen LogP contribution in [0.2, 0.25) is 0 Å². The average molecular weight is 331 g/mol. The summed E-state index contributed by atoms with van der Waals surface area (Å²) in [6.45, 7) is 4.10. The van der Waals surface area contributed by atoms with Crippen molar-refractivity contribution in [2.24, 2.45) is 0 Å². The Hall–Kier alpha value is -2.74. The lowest BCUT2D eigenvalue weighted by atomic mass is 10.1. The van der Waals surface area contributed by atoms with Crippen LogP contribution in [0.15, 0.2) is 24.3 Å². The van der Waals surface area contributed by atoms with Gasteiger partial charge in [-0.15, -0.1) is 0 Å². The van der Waals surface area contributed by atoms with Crippen LogP contribution in [0.4, 0.5) is 17.6 Å². The minimum atomic E-state index is -0.485. The molecular formula is C16H21N5O3. The molecule has 0 bridgehead atoms. The average Bonchev–Trinajstić information content (AvgIpc) is 2.58. The van der Waals surface area contributed by atoms with E-state index in [2.05, 4.69) is 27.2 Å². The van der Waals surface area contributed by atoms with Gasteiger partial charge < -0.3 is 20.5 Å². The molecule has 3 N–H and O–H groups in total. The highest BCUT2D eigenvalue weighted by atomic mass is 16.6. The van der Waals surface area contributed by atoms with E-state index in [9.17, 15) is 4.79 Å². The summed E-state index contributed by atoms with van der Waals surface area (Å²) in [4.78, 5) is 23.7. The van der Waals surface area contributed by atoms with Gasteiger partial charge in [-0.3, -0.25) is 0 Å². The lowest BCUT2D eigenvalue weighted by molar-refractivity contribution is -0.150. The zero-order valence-electron chi connectivity index (χ0n) is 13.8. The zero-order valence-corrected chi connectivity index (χ0v) is 13.8. The topological polar surface area (TPSA) is 112 Å². The van der Waals surface area contributed by atoms with Crippen LogP contribution in [0, 0.1) is 0 Å². The van der Waals surface area contributed by atoms with Crippen molar-refractivity contribution in [2.75, 3.05) is 24.3 Å². The Morgan fingerprint density at radius 3 is 2.75 bits per heavy atom. The molecule has 2 aromatic rings. The molecule has 1 heterocycles. The Morgan fingerprint density at radius 1 is 1.21 bits per heavy atom. The van der Waals surface area contributed by atoms with Crippen LogP contribution in [0.3, 0.4) is 0 Å². The molecule has 1 aromatic heterocycles. The molecule has 0 aliphatic carbocycles.